The molecule has 6 nitrogen and oxygen atoms in total. The number of fused-ring (bicyclic) bond motifs is 1. The molecule has 2 heterocycles. The molecule has 0 aliphatic rings. The lowest BCUT2D eigenvalue weighted by Crippen LogP contribution is -2.36. The van der Waals surface area contributed by atoms with E-state index < -0.39 is 11.7 Å². The van der Waals surface area contributed by atoms with Gasteiger partial charge in [-0.1, -0.05) is 17.7 Å². The van der Waals surface area contributed by atoms with Gasteiger partial charge in [0.25, 0.3) is 5.91 Å². The van der Waals surface area contributed by atoms with Crippen LogP contribution in [-0.2, 0) is 11.3 Å². The molecule has 0 aliphatic carbocycles. The Morgan fingerprint density at radius 1 is 1.33 bits per heavy atom. The minimum absolute atomic E-state index is 0.277. The largest absolute Gasteiger partial charge is 0.479 e. The Morgan fingerprint density at radius 3 is 2.81 bits per heavy atom. The van der Waals surface area contributed by atoms with Gasteiger partial charge < -0.3 is 14.5 Å². The molecule has 27 heavy (non-hydrogen) atoms. The van der Waals surface area contributed by atoms with Crippen molar-refractivity contribution in [3.8, 4) is 5.75 Å². The van der Waals surface area contributed by atoms with Crippen molar-refractivity contribution >= 4 is 28.5 Å². The highest BCUT2D eigenvalue weighted by atomic mass is 35.5. The van der Waals surface area contributed by atoms with E-state index in [9.17, 15) is 9.59 Å². The Labute approximate surface area is 161 Å². The van der Waals surface area contributed by atoms with Crippen molar-refractivity contribution < 1.29 is 13.9 Å². The molecule has 0 saturated carbocycles. The fourth-order valence-electron chi connectivity index (χ4n) is 2.61. The van der Waals surface area contributed by atoms with Gasteiger partial charge in [-0.3, -0.25) is 9.78 Å². The summed E-state index contributed by atoms with van der Waals surface area (Å²) in [6.45, 7) is 5.50. The second-order valence-corrected chi connectivity index (χ2v) is 6.66. The standard InChI is InChI=1S/C20H19ClN2O4/c1-11-12(2)20(25)27-17-8-18(16(21)7-15(11)17)26-13(3)19(24)23-10-14-5-4-6-22-9-14/h4-9,13H,10H2,1-3H3,(H,23,24)/t13-/m0/s1. The number of carbonyl (C=O) groups excluding carboxylic acids is 1. The van der Waals surface area contributed by atoms with Crippen LogP contribution in [0.2, 0.25) is 5.02 Å². The molecule has 3 rings (SSSR count). The third kappa shape index (κ3) is 4.11. The first-order chi connectivity index (χ1) is 12.9. The van der Waals surface area contributed by atoms with Crippen LogP contribution in [0.15, 0.2) is 45.9 Å². The number of ether oxygens (including phenoxy) is 1. The van der Waals surface area contributed by atoms with Crippen molar-refractivity contribution in [2.75, 3.05) is 0 Å². The van der Waals surface area contributed by atoms with Gasteiger partial charge in [0.05, 0.1) is 5.02 Å². The molecule has 0 spiro atoms. The maximum absolute atomic E-state index is 12.3. The maximum Gasteiger partial charge on any atom is 0.339 e. The molecule has 1 aromatic carbocycles. The van der Waals surface area contributed by atoms with Crippen LogP contribution in [0.25, 0.3) is 11.0 Å². The number of hydrogen-bond acceptors (Lipinski definition) is 5. The average molecular weight is 387 g/mol. The lowest BCUT2D eigenvalue weighted by Gasteiger charge is -2.16. The predicted molar refractivity (Wildman–Crippen MR) is 103 cm³/mol. The van der Waals surface area contributed by atoms with E-state index in [1.807, 2.05) is 13.0 Å². The van der Waals surface area contributed by atoms with Crippen LogP contribution in [0.1, 0.15) is 23.6 Å². The molecule has 0 aliphatic heterocycles. The zero-order valence-corrected chi connectivity index (χ0v) is 16.0. The van der Waals surface area contributed by atoms with Gasteiger partial charge >= 0.3 is 5.63 Å². The van der Waals surface area contributed by atoms with Gasteiger partial charge in [-0.15, -0.1) is 0 Å². The van der Waals surface area contributed by atoms with Crippen LogP contribution < -0.4 is 15.7 Å². The number of aryl methyl sites for hydroxylation is 1. The van der Waals surface area contributed by atoms with E-state index in [2.05, 4.69) is 10.3 Å². The van der Waals surface area contributed by atoms with Gasteiger partial charge in [-0.25, -0.2) is 4.79 Å². The summed E-state index contributed by atoms with van der Waals surface area (Å²) in [4.78, 5) is 28.2. The zero-order valence-electron chi connectivity index (χ0n) is 15.2. The molecular formula is C20H19ClN2O4. The van der Waals surface area contributed by atoms with Crippen molar-refractivity contribution in [2.24, 2.45) is 0 Å². The Morgan fingerprint density at radius 2 is 2.11 bits per heavy atom. The number of rotatable bonds is 5. The summed E-state index contributed by atoms with van der Waals surface area (Å²) in [7, 11) is 0. The summed E-state index contributed by atoms with van der Waals surface area (Å²) in [5.74, 6) is -0.0175. The van der Waals surface area contributed by atoms with E-state index in [4.69, 9.17) is 20.8 Å². The van der Waals surface area contributed by atoms with Crippen molar-refractivity contribution in [2.45, 2.75) is 33.4 Å². The molecular weight excluding hydrogens is 368 g/mol. The molecule has 0 saturated heterocycles. The Bertz CT molecular complexity index is 1050. The highest BCUT2D eigenvalue weighted by Crippen LogP contribution is 2.32. The number of carbonyl (C=O) groups is 1. The first-order valence-electron chi connectivity index (χ1n) is 8.43. The number of aromatic nitrogens is 1. The van der Waals surface area contributed by atoms with E-state index in [1.165, 1.54) is 6.07 Å². The molecule has 1 atom stereocenters. The average Bonchev–Trinajstić information content (AvgIpc) is 2.66. The van der Waals surface area contributed by atoms with Crippen LogP contribution in [-0.4, -0.2) is 17.0 Å². The normalized spacial score (nSPS) is 12.0. The molecule has 0 bridgehead atoms. The minimum atomic E-state index is -0.783. The number of halogens is 1. The van der Waals surface area contributed by atoms with Crippen LogP contribution in [0, 0.1) is 13.8 Å². The number of hydrogen-bond donors (Lipinski definition) is 1. The monoisotopic (exact) mass is 386 g/mol. The van der Waals surface area contributed by atoms with E-state index >= 15 is 0 Å². The van der Waals surface area contributed by atoms with Gasteiger partial charge in [0, 0.05) is 36.0 Å². The molecule has 1 amide bonds. The van der Waals surface area contributed by atoms with Crippen LogP contribution >= 0.6 is 11.6 Å². The SMILES string of the molecule is Cc1c(C)c2cc(Cl)c(O[C@@H](C)C(=O)NCc3cccnc3)cc2oc1=O. The molecule has 1 N–H and O–H groups in total. The van der Waals surface area contributed by atoms with Crippen LogP contribution in [0.4, 0.5) is 0 Å². The first-order valence-corrected chi connectivity index (χ1v) is 8.81. The van der Waals surface area contributed by atoms with E-state index in [0.717, 1.165) is 16.5 Å². The van der Waals surface area contributed by atoms with Gasteiger partial charge in [-0.2, -0.15) is 0 Å². The number of nitrogens with zero attached hydrogens (tertiary/aromatic N) is 1. The number of pyridine rings is 1. The lowest BCUT2D eigenvalue weighted by atomic mass is 10.1. The summed E-state index contributed by atoms with van der Waals surface area (Å²) in [5.41, 5.74) is 2.18. The van der Waals surface area contributed by atoms with Crippen molar-refractivity contribution in [1.29, 1.82) is 0 Å². The van der Waals surface area contributed by atoms with E-state index in [0.29, 0.717) is 22.7 Å². The predicted octanol–water partition coefficient (Wildman–Crippen LogP) is 3.54. The quantitative estimate of drug-likeness (QED) is 0.678. The molecule has 0 unspecified atom stereocenters. The number of nitrogens with one attached hydrogen (secondary N) is 1. The molecule has 0 radical (unpaired) electrons. The molecule has 7 heteroatoms. The molecule has 2 aromatic heterocycles. The Kier molecular flexibility index (Phi) is 5.46. The third-order valence-corrected chi connectivity index (χ3v) is 4.67. The summed E-state index contributed by atoms with van der Waals surface area (Å²) >= 11 is 6.30. The van der Waals surface area contributed by atoms with Crippen LogP contribution in [0.5, 0.6) is 5.75 Å². The summed E-state index contributed by atoms with van der Waals surface area (Å²) in [6, 6.07) is 6.88. The third-order valence-electron chi connectivity index (χ3n) is 4.37. The van der Waals surface area contributed by atoms with Gasteiger partial charge in [0.15, 0.2) is 6.10 Å². The molecule has 140 valence electrons. The summed E-state index contributed by atoms with van der Waals surface area (Å²) < 4.78 is 11.0. The highest BCUT2D eigenvalue weighted by Gasteiger charge is 2.18. The fourth-order valence-corrected chi connectivity index (χ4v) is 2.82. The van der Waals surface area contributed by atoms with Crippen molar-refractivity contribution in [1.82, 2.24) is 10.3 Å². The second kappa shape index (κ2) is 7.80. The van der Waals surface area contributed by atoms with Gasteiger partial charge in [0.1, 0.15) is 11.3 Å². The topological polar surface area (TPSA) is 81.4 Å². The smallest absolute Gasteiger partial charge is 0.339 e. The Hall–Kier alpha value is -2.86. The Balaban J connectivity index is 1.77. The van der Waals surface area contributed by atoms with Crippen molar-refractivity contribution in [3.05, 3.63) is 68.8 Å². The minimum Gasteiger partial charge on any atom is -0.479 e. The van der Waals surface area contributed by atoms with Crippen LogP contribution in [0.3, 0.4) is 0 Å². The fraction of sp³-hybridized carbons (Fsp3) is 0.250. The summed E-state index contributed by atoms with van der Waals surface area (Å²) in [5, 5.41) is 3.85. The summed E-state index contributed by atoms with van der Waals surface area (Å²) in [6.07, 6.45) is 2.56. The van der Waals surface area contributed by atoms with Gasteiger partial charge in [0.2, 0.25) is 0 Å². The van der Waals surface area contributed by atoms with E-state index in [-0.39, 0.29) is 11.7 Å². The lowest BCUT2D eigenvalue weighted by molar-refractivity contribution is -0.127. The van der Waals surface area contributed by atoms with Crippen molar-refractivity contribution in [3.63, 3.8) is 0 Å². The van der Waals surface area contributed by atoms with Gasteiger partial charge in [-0.05, 0) is 44.0 Å². The zero-order chi connectivity index (χ0) is 19.6. The number of benzene rings is 1. The molecule has 3 aromatic rings. The second-order valence-electron chi connectivity index (χ2n) is 6.26. The highest BCUT2D eigenvalue weighted by molar-refractivity contribution is 6.32. The maximum atomic E-state index is 12.3. The molecule has 0 fully saturated rings. The number of amides is 1. The van der Waals surface area contributed by atoms with E-state index in [1.54, 1.807) is 38.4 Å². The first kappa shape index (κ1) is 18.9.